The normalized spacial score (nSPS) is 11.0. The van der Waals surface area contributed by atoms with Crippen LogP contribution in [0.1, 0.15) is 16.0 Å². The van der Waals surface area contributed by atoms with Gasteiger partial charge in [0.1, 0.15) is 4.83 Å². The van der Waals surface area contributed by atoms with Crippen LogP contribution in [0.2, 0.25) is 0 Å². The fraction of sp³-hybridized carbons (Fsp3) is 0.286. The molecule has 2 aromatic heterocycles. The molecule has 0 saturated heterocycles. The molecule has 0 bridgehead atoms. The molecule has 152 valence electrons. The highest BCUT2D eigenvalue weighted by atomic mass is 79.9. The Balaban J connectivity index is 1.81. The molecule has 0 N–H and O–H groups in total. The summed E-state index contributed by atoms with van der Waals surface area (Å²) in [4.78, 5) is 33.8. The summed E-state index contributed by atoms with van der Waals surface area (Å²) in [5, 5.41) is 1.21. The van der Waals surface area contributed by atoms with Crippen molar-refractivity contribution in [3.63, 3.8) is 0 Å². The third-order valence-corrected chi connectivity index (χ3v) is 7.52. The topological polar surface area (TPSA) is 55.2 Å². The van der Waals surface area contributed by atoms with Gasteiger partial charge in [0, 0.05) is 29.5 Å². The summed E-state index contributed by atoms with van der Waals surface area (Å²) in [5.41, 5.74) is 1.94. The van der Waals surface area contributed by atoms with Crippen LogP contribution >= 0.6 is 39.0 Å². The Labute approximate surface area is 186 Å². The highest BCUT2D eigenvalue weighted by Crippen LogP contribution is 2.28. The molecule has 3 rings (SSSR count). The summed E-state index contributed by atoms with van der Waals surface area (Å²) in [6.07, 6.45) is 1.68. The van der Waals surface area contributed by atoms with Gasteiger partial charge in [-0.1, -0.05) is 52.0 Å². The predicted octanol–water partition coefficient (Wildman–Crippen LogP) is 4.77. The summed E-state index contributed by atoms with van der Waals surface area (Å²) in [6.45, 7) is 8.56. The zero-order valence-electron chi connectivity index (χ0n) is 16.6. The fourth-order valence-electron chi connectivity index (χ4n) is 2.92. The van der Waals surface area contributed by atoms with Gasteiger partial charge in [0.2, 0.25) is 5.91 Å². The highest BCUT2D eigenvalue weighted by Gasteiger charge is 2.18. The Morgan fingerprint density at radius 1 is 1.38 bits per heavy atom. The van der Waals surface area contributed by atoms with Gasteiger partial charge in [0.25, 0.3) is 5.56 Å². The van der Waals surface area contributed by atoms with Crippen molar-refractivity contribution in [2.75, 3.05) is 12.8 Å². The van der Waals surface area contributed by atoms with Gasteiger partial charge >= 0.3 is 0 Å². The van der Waals surface area contributed by atoms with Crippen LogP contribution in [-0.2, 0) is 17.9 Å². The fourth-order valence-corrected chi connectivity index (χ4v) is 5.35. The number of fused-ring (bicyclic) bond motifs is 1. The Bertz CT molecular complexity index is 1140. The van der Waals surface area contributed by atoms with Crippen LogP contribution in [0.4, 0.5) is 0 Å². The second-order valence-corrected chi connectivity index (χ2v) is 9.69. The second kappa shape index (κ2) is 9.28. The number of hydrogen-bond acceptors (Lipinski definition) is 5. The van der Waals surface area contributed by atoms with E-state index in [1.807, 2.05) is 38.1 Å². The van der Waals surface area contributed by atoms with Crippen LogP contribution in [0.5, 0.6) is 0 Å². The molecule has 0 atom stereocenters. The van der Waals surface area contributed by atoms with Gasteiger partial charge in [0.15, 0.2) is 5.16 Å². The monoisotopic (exact) mass is 491 g/mol. The van der Waals surface area contributed by atoms with Crippen molar-refractivity contribution < 1.29 is 4.79 Å². The Hall–Kier alpha value is -1.90. The molecule has 0 spiro atoms. The lowest BCUT2D eigenvalue weighted by molar-refractivity contribution is -0.127. The Morgan fingerprint density at radius 3 is 2.79 bits per heavy atom. The van der Waals surface area contributed by atoms with E-state index in [9.17, 15) is 9.59 Å². The summed E-state index contributed by atoms with van der Waals surface area (Å²) >= 11 is 6.32. The van der Waals surface area contributed by atoms with Gasteiger partial charge < -0.3 is 4.90 Å². The number of nitrogens with zero attached hydrogens (tertiary/aromatic N) is 3. The summed E-state index contributed by atoms with van der Waals surface area (Å²) in [7, 11) is 1.78. The molecular formula is C21H22BrN3O2S2. The number of amides is 1. The van der Waals surface area contributed by atoms with E-state index in [4.69, 9.17) is 0 Å². The molecule has 0 fully saturated rings. The number of benzene rings is 1. The molecule has 0 unspecified atom stereocenters. The average Bonchev–Trinajstić information content (AvgIpc) is 2.98. The number of allylic oxidation sites excluding steroid dienone is 1. The number of aryl methyl sites for hydroxylation is 2. The molecule has 2 heterocycles. The van der Waals surface area contributed by atoms with Crippen LogP contribution in [0, 0.1) is 13.8 Å². The van der Waals surface area contributed by atoms with Gasteiger partial charge in [-0.05, 0) is 31.0 Å². The van der Waals surface area contributed by atoms with Crippen LogP contribution in [-0.4, -0.2) is 33.2 Å². The predicted molar refractivity (Wildman–Crippen MR) is 125 cm³/mol. The van der Waals surface area contributed by atoms with Crippen molar-refractivity contribution in [3.8, 4) is 0 Å². The molecule has 1 amide bonds. The van der Waals surface area contributed by atoms with Crippen molar-refractivity contribution in [1.29, 1.82) is 0 Å². The third kappa shape index (κ3) is 4.65. The van der Waals surface area contributed by atoms with E-state index in [1.54, 1.807) is 22.6 Å². The van der Waals surface area contributed by atoms with Gasteiger partial charge in [-0.2, -0.15) is 0 Å². The van der Waals surface area contributed by atoms with E-state index in [2.05, 4.69) is 27.5 Å². The average molecular weight is 492 g/mol. The van der Waals surface area contributed by atoms with E-state index < -0.39 is 0 Å². The van der Waals surface area contributed by atoms with Crippen molar-refractivity contribution in [2.45, 2.75) is 32.1 Å². The first-order chi connectivity index (χ1) is 13.8. The molecule has 5 nitrogen and oxygen atoms in total. The zero-order chi connectivity index (χ0) is 21.1. The second-order valence-electron chi connectivity index (χ2n) is 6.69. The molecule has 0 aliphatic rings. The lowest BCUT2D eigenvalue weighted by Gasteiger charge is -2.18. The zero-order valence-corrected chi connectivity index (χ0v) is 19.8. The number of thioether (sulfide) groups is 1. The third-order valence-electron chi connectivity index (χ3n) is 4.68. The first kappa shape index (κ1) is 21.8. The summed E-state index contributed by atoms with van der Waals surface area (Å²) < 4.78 is 2.57. The smallest absolute Gasteiger partial charge is 0.263 e. The number of halogens is 1. The summed E-state index contributed by atoms with van der Waals surface area (Å²) in [5.74, 6) is 0.183. The Kier molecular flexibility index (Phi) is 6.97. The van der Waals surface area contributed by atoms with E-state index in [0.717, 1.165) is 25.3 Å². The summed E-state index contributed by atoms with van der Waals surface area (Å²) in [6, 6.07) is 7.84. The van der Waals surface area contributed by atoms with Crippen molar-refractivity contribution in [3.05, 3.63) is 67.8 Å². The quantitative estimate of drug-likeness (QED) is 0.271. The molecule has 0 saturated carbocycles. The lowest BCUT2D eigenvalue weighted by Crippen LogP contribution is -2.29. The number of thiophene rings is 1. The minimum atomic E-state index is -0.0757. The maximum atomic E-state index is 13.0. The SMILES string of the molecule is C=CCn1c(SCC(=O)N(C)Cc2ccccc2Br)nc2sc(C)c(C)c2c1=O. The number of carbonyl (C=O) groups excluding carboxylic acids is 1. The molecule has 0 aliphatic heterocycles. The first-order valence-electron chi connectivity index (χ1n) is 9.05. The van der Waals surface area contributed by atoms with E-state index in [1.165, 1.54) is 23.1 Å². The number of carbonyl (C=O) groups is 1. The van der Waals surface area contributed by atoms with E-state index >= 15 is 0 Å². The molecule has 1 aromatic carbocycles. The van der Waals surface area contributed by atoms with Crippen molar-refractivity contribution >= 4 is 55.2 Å². The van der Waals surface area contributed by atoms with Crippen LogP contribution in [0.25, 0.3) is 10.2 Å². The number of rotatable bonds is 7. The molecular weight excluding hydrogens is 470 g/mol. The molecule has 3 aromatic rings. The molecule has 8 heteroatoms. The van der Waals surface area contributed by atoms with Crippen LogP contribution < -0.4 is 5.56 Å². The standard InChI is InChI=1S/C21H22BrN3O2S2/c1-5-10-25-20(27)18-13(2)14(3)29-19(18)23-21(25)28-12-17(26)24(4)11-15-8-6-7-9-16(15)22/h5-9H,1,10-12H2,2-4H3. The number of hydrogen-bond donors (Lipinski definition) is 0. The molecule has 29 heavy (non-hydrogen) atoms. The van der Waals surface area contributed by atoms with Gasteiger partial charge in [-0.15, -0.1) is 17.9 Å². The highest BCUT2D eigenvalue weighted by molar-refractivity contribution is 9.10. The van der Waals surface area contributed by atoms with Gasteiger partial charge in [-0.3, -0.25) is 14.2 Å². The van der Waals surface area contributed by atoms with Gasteiger partial charge in [-0.25, -0.2) is 4.98 Å². The van der Waals surface area contributed by atoms with Crippen molar-refractivity contribution in [1.82, 2.24) is 14.5 Å². The minimum absolute atomic E-state index is 0.0243. The maximum Gasteiger partial charge on any atom is 0.263 e. The molecule has 0 aliphatic carbocycles. The Morgan fingerprint density at radius 2 is 2.10 bits per heavy atom. The maximum absolute atomic E-state index is 13.0. The largest absolute Gasteiger partial charge is 0.341 e. The van der Waals surface area contributed by atoms with Crippen molar-refractivity contribution in [2.24, 2.45) is 0 Å². The minimum Gasteiger partial charge on any atom is -0.341 e. The van der Waals surface area contributed by atoms with Crippen LogP contribution in [0.3, 0.4) is 0 Å². The first-order valence-corrected chi connectivity index (χ1v) is 11.6. The van der Waals surface area contributed by atoms with Crippen LogP contribution in [0.15, 0.2) is 51.3 Å². The lowest BCUT2D eigenvalue weighted by atomic mass is 10.2. The van der Waals surface area contributed by atoms with Gasteiger partial charge in [0.05, 0.1) is 11.1 Å². The van der Waals surface area contributed by atoms with E-state index in [-0.39, 0.29) is 17.2 Å². The van der Waals surface area contributed by atoms with E-state index in [0.29, 0.717) is 23.6 Å². The molecule has 0 radical (unpaired) electrons. The number of aromatic nitrogens is 2.